The van der Waals surface area contributed by atoms with Gasteiger partial charge < -0.3 is 0 Å². The maximum absolute atomic E-state index is 3.88. The van der Waals surface area contributed by atoms with Crippen LogP contribution in [0.5, 0.6) is 0 Å². The molecule has 0 nitrogen and oxygen atoms in total. The number of hydrogen-bond donors (Lipinski definition) is 0. The molecule has 0 saturated heterocycles. The normalized spacial score (nSPS) is 10.3. The van der Waals surface area contributed by atoms with Crippen molar-refractivity contribution in [3.8, 4) is 22.3 Å². The highest BCUT2D eigenvalue weighted by Gasteiger charge is 2.11. The van der Waals surface area contributed by atoms with Crippen LogP contribution in [0.3, 0.4) is 0 Å². The van der Waals surface area contributed by atoms with E-state index in [2.05, 4.69) is 67.2 Å². The summed E-state index contributed by atoms with van der Waals surface area (Å²) in [5.41, 5.74) is 6.12. The van der Waals surface area contributed by atoms with Crippen molar-refractivity contribution in [3.05, 3.63) is 97.1 Å². The molecule has 3 rings (SSSR count). The molecule has 101 valence electrons. The molecule has 0 unspecified atom stereocenters. The van der Waals surface area contributed by atoms with E-state index in [9.17, 15) is 0 Å². The molecule has 21 heavy (non-hydrogen) atoms. The molecular formula is C21H17. The Labute approximate surface area is 126 Å². The van der Waals surface area contributed by atoms with Crippen molar-refractivity contribution >= 4 is 0 Å². The third-order valence-corrected chi connectivity index (χ3v) is 3.57. The van der Waals surface area contributed by atoms with Gasteiger partial charge in [-0.25, -0.2) is 0 Å². The van der Waals surface area contributed by atoms with Crippen molar-refractivity contribution in [1.29, 1.82) is 0 Å². The van der Waals surface area contributed by atoms with Crippen molar-refractivity contribution in [1.82, 2.24) is 0 Å². The maximum Gasteiger partial charge on any atom is -0.00237 e. The molecule has 0 aliphatic heterocycles. The first-order valence-corrected chi connectivity index (χ1v) is 7.15. The lowest BCUT2D eigenvalue weighted by atomic mass is 9.89. The molecule has 0 aliphatic carbocycles. The molecule has 3 aromatic rings. The van der Waals surface area contributed by atoms with Gasteiger partial charge in [0.15, 0.2) is 0 Å². The van der Waals surface area contributed by atoms with E-state index in [1.165, 1.54) is 22.3 Å². The average Bonchev–Trinajstić information content (AvgIpc) is 2.56. The minimum absolute atomic E-state index is 0.860. The number of allylic oxidation sites excluding steroid dienone is 1. The lowest BCUT2D eigenvalue weighted by molar-refractivity contribution is 1.28. The first-order chi connectivity index (χ1) is 10.4. The summed E-state index contributed by atoms with van der Waals surface area (Å²) in [6, 6.07) is 28.5. The monoisotopic (exact) mass is 269 g/mol. The second kappa shape index (κ2) is 6.23. The molecule has 0 amide bonds. The summed E-state index contributed by atoms with van der Waals surface area (Å²) in [5.74, 6) is 0. The highest BCUT2D eigenvalue weighted by atomic mass is 14.1. The summed E-state index contributed by atoms with van der Waals surface area (Å²) >= 11 is 0. The van der Waals surface area contributed by atoms with Crippen molar-refractivity contribution in [2.45, 2.75) is 6.42 Å². The van der Waals surface area contributed by atoms with Gasteiger partial charge in [-0.15, -0.1) is 6.58 Å². The van der Waals surface area contributed by atoms with E-state index in [4.69, 9.17) is 0 Å². The van der Waals surface area contributed by atoms with Gasteiger partial charge >= 0.3 is 0 Å². The second-order valence-corrected chi connectivity index (χ2v) is 4.98. The predicted octanol–water partition coefficient (Wildman–Crippen LogP) is 5.55. The Balaban J connectivity index is 2.25. The Morgan fingerprint density at radius 2 is 1.43 bits per heavy atom. The zero-order chi connectivity index (χ0) is 14.5. The Kier molecular flexibility index (Phi) is 3.97. The predicted molar refractivity (Wildman–Crippen MR) is 90.1 cm³/mol. The molecule has 0 N–H and O–H groups in total. The van der Waals surface area contributed by atoms with Crippen molar-refractivity contribution in [2.75, 3.05) is 0 Å². The Morgan fingerprint density at radius 3 is 2.05 bits per heavy atom. The molecule has 0 atom stereocenters. The van der Waals surface area contributed by atoms with Crippen LogP contribution in [-0.2, 0) is 6.42 Å². The van der Waals surface area contributed by atoms with Gasteiger partial charge in [0.2, 0.25) is 0 Å². The van der Waals surface area contributed by atoms with E-state index in [1.807, 2.05) is 24.3 Å². The van der Waals surface area contributed by atoms with Crippen LogP contribution in [0.15, 0.2) is 85.5 Å². The number of rotatable bonds is 4. The number of benzene rings is 3. The molecule has 0 aromatic heterocycles. The zero-order valence-corrected chi connectivity index (χ0v) is 11.9. The van der Waals surface area contributed by atoms with Gasteiger partial charge in [0, 0.05) is 0 Å². The molecule has 3 aromatic carbocycles. The Hall–Kier alpha value is -2.60. The minimum Gasteiger partial charge on any atom is -0.103 e. The summed E-state index contributed by atoms with van der Waals surface area (Å²) in [5, 5.41) is 0. The molecule has 0 spiro atoms. The topological polar surface area (TPSA) is 0 Å². The molecule has 0 bridgehead atoms. The van der Waals surface area contributed by atoms with Crippen LogP contribution in [0, 0.1) is 6.07 Å². The molecule has 0 heterocycles. The smallest absolute Gasteiger partial charge is 0.00237 e. The molecule has 0 saturated carbocycles. The van der Waals surface area contributed by atoms with Gasteiger partial charge in [-0.2, -0.15) is 0 Å². The van der Waals surface area contributed by atoms with Crippen molar-refractivity contribution in [3.63, 3.8) is 0 Å². The van der Waals surface area contributed by atoms with Crippen LogP contribution >= 0.6 is 0 Å². The maximum atomic E-state index is 3.88. The molecule has 0 fully saturated rings. The van der Waals surface area contributed by atoms with E-state index in [0.29, 0.717) is 0 Å². The summed E-state index contributed by atoms with van der Waals surface area (Å²) in [6.45, 7) is 3.88. The van der Waals surface area contributed by atoms with E-state index in [1.54, 1.807) is 0 Å². The van der Waals surface area contributed by atoms with Gasteiger partial charge in [0.1, 0.15) is 0 Å². The lowest BCUT2D eigenvalue weighted by Crippen LogP contribution is -1.92. The fraction of sp³-hybridized carbons (Fsp3) is 0.0476. The average molecular weight is 269 g/mol. The van der Waals surface area contributed by atoms with E-state index in [-0.39, 0.29) is 0 Å². The molecule has 1 radical (unpaired) electrons. The van der Waals surface area contributed by atoms with Crippen LogP contribution in [0.25, 0.3) is 22.3 Å². The van der Waals surface area contributed by atoms with Crippen LogP contribution in [0.1, 0.15) is 5.56 Å². The largest absolute Gasteiger partial charge is 0.103 e. The van der Waals surface area contributed by atoms with Crippen molar-refractivity contribution in [2.24, 2.45) is 0 Å². The van der Waals surface area contributed by atoms with Crippen LogP contribution < -0.4 is 0 Å². The van der Waals surface area contributed by atoms with E-state index < -0.39 is 0 Å². The molecule has 0 heteroatoms. The van der Waals surface area contributed by atoms with E-state index >= 15 is 0 Å². The zero-order valence-electron chi connectivity index (χ0n) is 11.9. The first-order valence-electron chi connectivity index (χ1n) is 7.15. The Morgan fingerprint density at radius 1 is 0.810 bits per heavy atom. The second-order valence-electron chi connectivity index (χ2n) is 4.98. The Bertz CT molecular complexity index is 725. The third kappa shape index (κ3) is 2.80. The quantitative estimate of drug-likeness (QED) is 0.545. The van der Waals surface area contributed by atoms with Crippen LogP contribution in [0.2, 0.25) is 0 Å². The molecular weight excluding hydrogens is 252 g/mol. The van der Waals surface area contributed by atoms with Crippen molar-refractivity contribution < 1.29 is 0 Å². The highest BCUT2D eigenvalue weighted by Crippen LogP contribution is 2.34. The lowest BCUT2D eigenvalue weighted by Gasteiger charge is -2.14. The third-order valence-electron chi connectivity index (χ3n) is 3.57. The molecule has 0 aliphatic rings. The number of hydrogen-bond acceptors (Lipinski definition) is 0. The minimum atomic E-state index is 0.860. The van der Waals surface area contributed by atoms with Gasteiger partial charge in [-0.3, -0.25) is 0 Å². The first kappa shape index (κ1) is 13.4. The highest BCUT2D eigenvalue weighted by molar-refractivity contribution is 5.85. The fourth-order valence-corrected chi connectivity index (χ4v) is 2.63. The SMILES string of the molecule is C=CCc1cc[c]c(-c2ccccc2)c1-c1ccccc1. The summed E-state index contributed by atoms with van der Waals surface area (Å²) in [7, 11) is 0. The van der Waals surface area contributed by atoms with Gasteiger partial charge in [0.25, 0.3) is 0 Å². The van der Waals surface area contributed by atoms with Gasteiger partial charge in [0.05, 0.1) is 0 Å². The summed E-state index contributed by atoms with van der Waals surface area (Å²) in [4.78, 5) is 0. The summed E-state index contributed by atoms with van der Waals surface area (Å²) < 4.78 is 0. The van der Waals surface area contributed by atoms with Gasteiger partial charge in [-0.1, -0.05) is 78.9 Å². The fourth-order valence-electron chi connectivity index (χ4n) is 2.63. The van der Waals surface area contributed by atoms with Crippen LogP contribution in [0.4, 0.5) is 0 Å². The summed E-state index contributed by atoms with van der Waals surface area (Å²) in [6.07, 6.45) is 2.81. The standard InChI is InChI=1S/C21H17/c1-2-10-18-15-9-16-20(17-11-5-3-6-12-17)21(18)19-13-7-4-8-14-19/h2-9,11-15H,1,10H2. The van der Waals surface area contributed by atoms with E-state index in [0.717, 1.165) is 12.0 Å². The van der Waals surface area contributed by atoms with Crippen LogP contribution in [-0.4, -0.2) is 0 Å². The van der Waals surface area contributed by atoms with Gasteiger partial charge in [-0.05, 0) is 40.3 Å².